The highest BCUT2D eigenvalue weighted by Gasteiger charge is 2.30. The van der Waals surface area contributed by atoms with E-state index in [1.165, 1.54) is 6.92 Å². The molecule has 5 nitrogen and oxygen atoms in total. The van der Waals surface area contributed by atoms with Crippen molar-refractivity contribution in [2.75, 3.05) is 6.54 Å². The second-order valence-electron chi connectivity index (χ2n) is 3.97. The van der Waals surface area contributed by atoms with Crippen LogP contribution in [0.2, 0.25) is 0 Å². The summed E-state index contributed by atoms with van der Waals surface area (Å²) in [5.41, 5.74) is 0. The molecule has 0 radical (unpaired) electrons. The summed E-state index contributed by atoms with van der Waals surface area (Å²) in [6.07, 6.45) is -4.51. The molecule has 0 aliphatic heterocycles. The molecule has 0 saturated carbocycles. The molecule has 3 N–H and O–H groups in total. The first kappa shape index (κ1) is 16.5. The summed E-state index contributed by atoms with van der Waals surface area (Å²) in [5, 5.41) is 12.9. The van der Waals surface area contributed by atoms with Crippen LogP contribution >= 0.6 is 0 Å². The van der Waals surface area contributed by atoms with Crippen molar-refractivity contribution in [2.45, 2.75) is 44.8 Å². The van der Waals surface area contributed by atoms with Crippen LogP contribution in [0.5, 0.6) is 0 Å². The van der Waals surface area contributed by atoms with Gasteiger partial charge in [0.2, 0.25) is 0 Å². The van der Waals surface area contributed by atoms with Crippen LogP contribution in [0.25, 0.3) is 0 Å². The Morgan fingerprint density at radius 1 is 1.28 bits per heavy atom. The summed E-state index contributed by atoms with van der Waals surface area (Å²) in [6, 6.07) is -1.67. The zero-order valence-corrected chi connectivity index (χ0v) is 10.0. The number of urea groups is 1. The summed E-state index contributed by atoms with van der Waals surface area (Å²) in [4.78, 5) is 21.3. The summed E-state index contributed by atoms with van der Waals surface area (Å²) < 4.78 is 35.9. The largest absolute Gasteiger partial charge is 0.481 e. The number of hydrogen-bond donors (Lipinski definition) is 3. The molecule has 0 spiro atoms. The quantitative estimate of drug-likeness (QED) is 0.618. The molecule has 0 saturated heterocycles. The Morgan fingerprint density at radius 3 is 2.39 bits per heavy atom. The van der Waals surface area contributed by atoms with Crippen molar-refractivity contribution in [3.05, 3.63) is 0 Å². The summed E-state index contributed by atoms with van der Waals surface area (Å²) in [6.45, 7) is 1.50. The lowest BCUT2D eigenvalue weighted by atomic mass is 10.2. The van der Waals surface area contributed by atoms with Crippen LogP contribution < -0.4 is 10.6 Å². The van der Waals surface area contributed by atoms with Crippen molar-refractivity contribution in [3.63, 3.8) is 0 Å². The fraction of sp³-hybridized carbons (Fsp3) is 0.800. The molecule has 0 fully saturated rings. The number of carbonyl (C=O) groups excluding carboxylic acids is 1. The smallest absolute Gasteiger partial charge is 0.391 e. The van der Waals surface area contributed by atoms with Crippen LogP contribution in [0.4, 0.5) is 18.0 Å². The van der Waals surface area contributed by atoms with Gasteiger partial charge >= 0.3 is 18.2 Å². The van der Waals surface area contributed by atoms with Gasteiger partial charge in [-0.05, 0) is 19.8 Å². The predicted molar refractivity (Wildman–Crippen MR) is 58.2 cm³/mol. The standard InChI is InChI=1S/C10H17F3N2O3/c1-7(6-10(11,12)13)15-9(18)14-5-3-2-4-8(16)17/h7H,2-6H2,1H3,(H,16,17)(H2,14,15,18). The maximum Gasteiger partial charge on any atom is 0.391 e. The van der Waals surface area contributed by atoms with Gasteiger partial charge in [-0.15, -0.1) is 0 Å². The Labute approximate surface area is 103 Å². The minimum absolute atomic E-state index is 0.00771. The minimum atomic E-state index is -4.31. The monoisotopic (exact) mass is 270 g/mol. The fourth-order valence-corrected chi connectivity index (χ4v) is 1.28. The van der Waals surface area contributed by atoms with E-state index >= 15 is 0 Å². The number of unbranched alkanes of at least 4 members (excludes halogenated alkanes) is 1. The fourth-order valence-electron chi connectivity index (χ4n) is 1.28. The topological polar surface area (TPSA) is 78.4 Å². The maximum atomic E-state index is 12.0. The SMILES string of the molecule is CC(CC(F)(F)F)NC(=O)NCCCCC(=O)O. The number of carboxylic acids is 1. The number of nitrogens with one attached hydrogen (secondary N) is 2. The Morgan fingerprint density at radius 2 is 1.89 bits per heavy atom. The van der Waals surface area contributed by atoms with Gasteiger partial charge in [-0.25, -0.2) is 4.79 Å². The molecule has 0 heterocycles. The second kappa shape index (κ2) is 7.78. The minimum Gasteiger partial charge on any atom is -0.481 e. The van der Waals surface area contributed by atoms with E-state index in [0.29, 0.717) is 12.8 Å². The molecule has 0 aliphatic rings. The molecule has 0 aromatic rings. The average molecular weight is 270 g/mol. The van der Waals surface area contributed by atoms with Crippen molar-refractivity contribution < 1.29 is 27.9 Å². The first-order valence-corrected chi connectivity index (χ1v) is 5.53. The molecule has 0 aromatic carbocycles. The van der Waals surface area contributed by atoms with Crippen molar-refractivity contribution in [2.24, 2.45) is 0 Å². The molecule has 0 aromatic heterocycles. The van der Waals surface area contributed by atoms with Gasteiger partial charge in [0.1, 0.15) is 0 Å². The first-order valence-electron chi connectivity index (χ1n) is 5.53. The average Bonchev–Trinajstić information content (AvgIpc) is 2.12. The van der Waals surface area contributed by atoms with Crippen LogP contribution in [-0.4, -0.2) is 35.9 Å². The molecule has 1 atom stereocenters. The van der Waals surface area contributed by atoms with Gasteiger partial charge < -0.3 is 15.7 Å². The Hall–Kier alpha value is -1.47. The third-order valence-electron chi connectivity index (χ3n) is 2.02. The highest BCUT2D eigenvalue weighted by molar-refractivity contribution is 5.74. The van der Waals surface area contributed by atoms with Gasteiger partial charge in [0.05, 0.1) is 6.42 Å². The molecule has 0 aliphatic carbocycles. The Kier molecular flexibility index (Phi) is 7.14. The van der Waals surface area contributed by atoms with E-state index in [0.717, 1.165) is 0 Å². The van der Waals surface area contributed by atoms with Crippen LogP contribution in [0.1, 0.15) is 32.6 Å². The normalized spacial score (nSPS) is 12.9. The molecule has 0 rings (SSSR count). The lowest BCUT2D eigenvalue weighted by molar-refractivity contribution is -0.138. The van der Waals surface area contributed by atoms with E-state index in [-0.39, 0.29) is 13.0 Å². The molecular formula is C10H17F3N2O3. The van der Waals surface area contributed by atoms with Crippen LogP contribution in [0, 0.1) is 0 Å². The third kappa shape index (κ3) is 11.0. The van der Waals surface area contributed by atoms with Gasteiger partial charge in [-0.2, -0.15) is 13.2 Å². The number of hydrogen-bond acceptors (Lipinski definition) is 2. The van der Waals surface area contributed by atoms with Crippen LogP contribution in [-0.2, 0) is 4.79 Å². The number of carbonyl (C=O) groups is 2. The van der Waals surface area contributed by atoms with E-state index < -0.39 is 30.6 Å². The van der Waals surface area contributed by atoms with Crippen molar-refractivity contribution >= 4 is 12.0 Å². The second-order valence-corrected chi connectivity index (χ2v) is 3.97. The first-order chi connectivity index (χ1) is 8.20. The van der Waals surface area contributed by atoms with Gasteiger partial charge in [-0.3, -0.25) is 4.79 Å². The van der Waals surface area contributed by atoms with Gasteiger partial charge in [0.15, 0.2) is 0 Å². The molecule has 2 amide bonds. The number of alkyl halides is 3. The van der Waals surface area contributed by atoms with Crippen LogP contribution in [0.3, 0.4) is 0 Å². The van der Waals surface area contributed by atoms with E-state index in [9.17, 15) is 22.8 Å². The highest BCUT2D eigenvalue weighted by Crippen LogP contribution is 2.21. The third-order valence-corrected chi connectivity index (χ3v) is 2.02. The molecule has 8 heteroatoms. The van der Waals surface area contributed by atoms with E-state index in [1.54, 1.807) is 0 Å². The zero-order chi connectivity index (χ0) is 14.2. The van der Waals surface area contributed by atoms with E-state index in [4.69, 9.17) is 5.11 Å². The van der Waals surface area contributed by atoms with Crippen molar-refractivity contribution in [1.82, 2.24) is 10.6 Å². The molecule has 1 unspecified atom stereocenters. The lowest BCUT2D eigenvalue weighted by Crippen LogP contribution is -2.42. The number of halogens is 3. The summed E-state index contributed by atoms with van der Waals surface area (Å²) in [7, 11) is 0. The van der Waals surface area contributed by atoms with Gasteiger partial charge in [-0.1, -0.05) is 0 Å². The van der Waals surface area contributed by atoms with E-state index in [1.807, 2.05) is 0 Å². The zero-order valence-electron chi connectivity index (χ0n) is 10.0. The van der Waals surface area contributed by atoms with Gasteiger partial charge in [0, 0.05) is 19.0 Å². The number of aliphatic carboxylic acids is 1. The van der Waals surface area contributed by atoms with Crippen molar-refractivity contribution in [1.29, 1.82) is 0 Å². The van der Waals surface area contributed by atoms with E-state index in [2.05, 4.69) is 10.6 Å². The summed E-state index contributed by atoms with van der Waals surface area (Å²) in [5.74, 6) is -0.918. The van der Waals surface area contributed by atoms with Crippen LogP contribution in [0.15, 0.2) is 0 Å². The van der Waals surface area contributed by atoms with Crippen molar-refractivity contribution in [3.8, 4) is 0 Å². The number of carboxylic acid groups (broad SMARTS) is 1. The number of rotatable bonds is 7. The summed E-state index contributed by atoms with van der Waals surface area (Å²) >= 11 is 0. The maximum absolute atomic E-state index is 12.0. The predicted octanol–water partition coefficient (Wildman–Crippen LogP) is 1.88. The Balaban J connectivity index is 3.62. The molecule has 0 bridgehead atoms. The molecular weight excluding hydrogens is 253 g/mol. The highest BCUT2D eigenvalue weighted by atomic mass is 19.4. The molecule has 106 valence electrons. The Bertz CT molecular complexity index is 282. The van der Waals surface area contributed by atoms with Gasteiger partial charge in [0.25, 0.3) is 0 Å². The lowest BCUT2D eigenvalue weighted by Gasteiger charge is -2.16. The number of amides is 2. The molecule has 18 heavy (non-hydrogen) atoms.